The highest BCUT2D eigenvalue weighted by Crippen LogP contribution is 2.25. The first-order chi connectivity index (χ1) is 10.7. The minimum atomic E-state index is -0.122. The smallest absolute Gasteiger partial charge is 0.233 e. The number of carbonyl (C=O) groups is 1. The van der Waals surface area contributed by atoms with Crippen LogP contribution in [0.5, 0.6) is 0 Å². The lowest BCUT2D eigenvalue weighted by Crippen LogP contribution is -2.32. The van der Waals surface area contributed by atoms with Crippen LogP contribution in [0, 0.1) is 0 Å². The number of hydrogen-bond acceptors (Lipinski definition) is 4. The van der Waals surface area contributed by atoms with Gasteiger partial charge in [-0.1, -0.05) is 31.2 Å². The van der Waals surface area contributed by atoms with Crippen LogP contribution in [-0.4, -0.2) is 21.2 Å². The Kier molecular flexibility index (Phi) is 6.43. The molecule has 1 heterocycles. The Morgan fingerprint density at radius 3 is 2.59 bits per heavy atom. The number of thioether (sulfide) groups is 1. The maximum atomic E-state index is 12.3. The maximum absolute atomic E-state index is 12.3. The van der Waals surface area contributed by atoms with Crippen molar-refractivity contribution >= 4 is 17.7 Å². The molecule has 1 aromatic heterocycles. The average Bonchev–Trinajstić information content (AvgIpc) is 2.58. The highest BCUT2D eigenvalue weighted by molar-refractivity contribution is 8.00. The molecule has 0 saturated heterocycles. The number of aliphatic hydroxyl groups is 1. The van der Waals surface area contributed by atoms with Crippen molar-refractivity contribution < 1.29 is 9.90 Å². The van der Waals surface area contributed by atoms with E-state index in [4.69, 9.17) is 5.11 Å². The summed E-state index contributed by atoms with van der Waals surface area (Å²) in [6, 6.07) is 15.3. The Bertz CT molecular complexity index is 605. The first kappa shape index (κ1) is 16.5. The molecule has 5 heteroatoms. The van der Waals surface area contributed by atoms with E-state index in [2.05, 4.69) is 10.3 Å². The summed E-state index contributed by atoms with van der Waals surface area (Å²) in [5.74, 6) is 0.00699. The summed E-state index contributed by atoms with van der Waals surface area (Å²) in [4.78, 5) is 17.6. The molecule has 0 fully saturated rings. The quantitative estimate of drug-likeness (QED) is 0.771. The van der Waals surface area contributed by atoms with Gasteiger partial charge in [-0.05, 0) is 30.7 Å². The van der Waals surface area contributed by atoms with Crippen molar-refractivity contribution in [3.05, 3.63) is 59.9 Å². The average molecular weight is 316 g/mol. The molecule has 2 N–H and O–H groups in total. The Hall–Kier alpha value is -1.85. The fraction of sp³-hybridized carbons (Fsp3) is 0.294. The predicted molar refractivity (Wildman–Crippen MR) is 88.4 cm³/mol. The van der Waals surface area contributed by atoms with Crippen LogP contribution in [0.2, 0.25) is 0 Å². The second-order valence-corrected chi connectivity index (χ2v) is 6.10. The molecule has 1 unspecified atom stereocenters. The Morgan fingerprint density at radius 1 is 1.18 bits per heavy atom. The summed E-state index contributed by atoms with van der Waals surface area (Å²) in [7, 11) is 0. The first-order valence-corrected chi connectivity index (χ1v) is 8.16. The minimum absolute atomic E-state index is 0.00699. The number of nitrogens with one attached hydrogen (secondary N) is 1. The lowest BCUT2D eigenvalue weighted by Gasteiger charge is -2.14. The van der Waals surface area contributed by atoms with E-state index >= 15 is 0 Å². The predicted octanol–water partition coefficient (Wildman–Crippen LogP) is 2.76. The van der Waals surface area contributed by atoms with Gasteiger partial charge in [0.05, 0.1) is 29.8 Å². The Morgan fingerprint density at radius 2 is 1.91 bits per heavy atom. The van der Waals surface area contributed by atoms with Crippen LogP contribution in [-0.2, 0) is 17.9 Å². The second-order valence-electron chi connectivity index (χ2n) is 4.82. The lowest BCUT2D eigenvalue weighted by molar-refractivity contribution is -0.120. The molecule has 1 amide bonds. The van der Waals surface area contributed by atoms with Gasteiger partial charge in [0.1, 0.15) is 0 Å². The van der Waals surface area contributed by atoms with Crippen molar-refractivity contribution in [3.8, 4) is 0 Å². The SMILES string of the molecule is CCC(Sc1ccccc1)C(=O)NCc1cccc(CO)n1. The minimum Gasteiger partial charge on any atom is -0.390 e. The molecule has 2 aromatic rings. The van der Waals surface area contributed by atoms with Gasteiger partial charge in [0.25, 0.3) is 0 Å². The third-order valence-corrected chi connectivity index (χ3v) is 4.53. The molecule has 0 aliphatic rings. The highest BCUT2D eigenvalue weighted by atomic mass is 32.2. The number of amides is 1. The Labute approximate surface area is 135 Å². The number of carbonyl (C=O) groups excluding carboxylic acids is 1. The van der Waals surface area contributed by atoms with Crippen molar-refractivity contribution in [3.63, 3.8) is 0 Å². The van der Waals surface area contributed by atoms with E-state index in [-0.39, 0.29) is 17.8 Å². The molecule has 4 nitrogen and oxygen atoms in total. The van der Waals surface area contributed by atoms with E-state index in [1.54, 1.807) is 17.8 Å². The first-order valence-electron chi connectivity index (χ1n) is 7.28. The Balaban J connectivity index is 1.91. The van der Waals surface area contributed by atoms with Gasteiger partial charge in [0, 0.05) is 4.90 Å². The molecule has 116 valence electrons. The number of benzene rings is 1. The van der Waals surface area contributed by atoms with Gasteiger partial charge < -0.3 is 10.4 Å². The van der Waals surface area contributed by atoms with Crippen LogP contribution in [0.4, 0.5) is 0 Å². The lowest BCUT2D eigenvalue weighted by atomic mass is 10.3. The zero-order valence-electron chi connectivity index (χ0n) is 12.5. The molecule has 0 aliphatic heterocycles. The topological polar surface area (TPSA) is 62.2 Å². The molecule has 0 aliphatic carbocycles. The summed E-state index contributed by atoms with van der Waals surface area (Å²) < 4.78 is 0. The van der Waals surface area contributed by atoms with Gasteiger partial charge in [-0.15, -0.1) is 11.8 Å². The fourth-order valence-corrected chi connectivity index (χ4v) is 2.99. The monoisotopic (exact) mass is 316 g/mol. The maximum Gasteiger partial charge on any atom is 0.233 e. The summed E-state index contributed by atoms with van der Waals surface area (Å²) in [5.41, 5.74) is 1.36. The highest BCUT2D eigenvalue weighted by Gasteiger charge is 2.17. The van der Waals surface area contributed by atoms with Crippen LogP contribution in [0.25, 0.3) is 0 Å². The van der Waals surface area contributed by atoms with Crippen molar-refractivity contribution in [2.24, 2.45) is 0 Å². The molecule has 0 radical (unpaired) electrons. The molecule has 0 spiro atoms. The number of pyridine rings is 1. The van der Waals surface area contributed by atoms with Crippen LogP contribution in [0.1, 0.15) is 24.7 Å². The zero-order chi connectivity index (χ0) is 15.8. The fourth-order valence-electron chi connectivity index (χ4n) is 1.99. The zero-order valence-corrected chi connectivity index (χ0v) is 13.3. The van der Waals surface area contributed by atoms with Crippen LogP contribution in [0.15, 0.2) is 53.4 Å². The van der Waals surface area contributed by atoms with Crippen molar-refractivity contribution in [1.82, 2.24) is 10.3 Å². The van der Waals surface area contributed by atoms with Gasteiger partial charge in [0.15, 0.2) is 0 Å². The molecule has 0 saturated carbocycles. The molecular formula is C17H20N2O2S. The van der Waals surface area contributed by atoms with E-state index in [0.29, 0.717) is 12.2 Å². The second kappa shape index (κ2) is 8.56. The molecule has 0 bridgehead atoms. The van der Waals surface area contributed by atoms with Crippen molar-refractivity contribution in [2.75, 3.05) is 0 Å². The third-order valence-electron chi connectivity index (χ3n) is 3.15. The van der Waals surface area contributed by atoms with Gasteiger partial charge in [0.2, 0.25) is 5.91 Å². The summed E-state index contributed by atoms with van der Waals surface area (Å²) >= 11 is 1.57. The van der Waals surface area contributed by atoms with E-state index in [0.717, 1.165) is 17.0 Å². The third kappa shape index (κ3) is 4.86. The summed E-state index contributed by atoms with van der Waals surface area (Å²) in [6.45, 7) is 2.28. The van der Waals surface area contributed by atoms with E-state index in [1.807, 2.05) is 49.4 Å². The largest absolute Gasteiger partial charge is 0.390 e. The van der Waals surface area contributed by atoms with Gasteiger partial charge in [-0.2, -0.15) is 0 Å². The molecule has 22 heavy (non-hydrogen) atoms. The summed E-state index contributed by atoms with van der Waals surface area (Å²) in [6.07, 6.45) is 0.759. The van der Waals surface area contributed by atoms with E-state index in [1.165, 1.54) is 0 Å². The van der Waals surface area contributed by atoms with Crippen LogP contribution < -0.4 is 5.32 Å². The van der Waals surface area contributed by atoms with Crippen molar-refractivity contribution in [2.45, 2.75) is 36.6 Å². The number of hydrogen-bond donors (Lipinski definition) is 2. The number of rotatable bonds is 7. The number of nitrogens with zero attached hydrogens (tertiary/aromatic N) is 1. The molecule has 1 aromatic carbocycles. The normalized spacial score (nSPS) is 11.9. The van der Waals surface area contributed by atoms with E-state index < -0.39 is 0 Å². The van der Waals surface area contributed by atoms with Crippen molar-refractivity contribution in [1.29, 1.82) is 0 Å². The van der Waals surface area contributed by atoms with E-state index in [9.17, 15) is 4.79 Å². The van der Waals surface area contributed by atoms with Gasteiger partial charge in [-0.3, -0.25) is 9.78 Å². The molecule has 1 atom stereocenters. The van der Waals surface area contributed by atoms with Gasteiger partial charge in [-0.25, -0.2) is 0 Å². The molecule has 2 rings (SSSR count). The number of aromatic nitrogens is 1. The van der Waals surface area contributed by atoms with Crippen LogP contribution >= 0.6 is 11.8 Å². The summed E-state index contributed by atoms with van der Waals surface area (Å²) in [5, 5.41) is 11.9. The molecular weight excluding hydrogens is 296 g/mol. The van der Waals surface area contributed by atoms with Crippen LogP contribution in [0.3, 0.4) is 0 Å². The standard InChI is InChI=1S/C17H20N2O2S/c1-2-16(22-15-9-4-3-5-10-15)17(21)18-11-13-7-6-8-14(12-20)19-13/h3-10,16,20H,2,11-12H2,1H3,(H,18,21). The number of aliphatic hydroxyl groups excluding tert-OH is 1. The van der Waals surface area contributed by atoms with Gasteiger partial charge >= 0.3 is 0 Å².